The van der Waals surface area contributed by atoms with E-state index in [1.165, 1.54) is 7.11 Å². The highest BCUT2D eigenvalue weighted by molar-refractivity contribution is 6.34. The summed E-state index contributed by atoms with van der Waals surface area (Å²) in [6, 6.07) is 1.63. The largest absolute Gasteiger partial charge is 0.467 e. The number of hydrogen-bond acceptors (Lipinski definition) is 9. The van der Waals surface area contributed by atoms with Gasteiger partial charge in [-0.2, -0.15) is 28.2 Å². The first kappa shape index (κ1) is 30.3. The van der Waals surface area contributed by atoms with Gasteiger partial charge in [-0.05, 0) is 25.5 Å². The molecule has 236 valence electrons. The second-order valence-corrected chi connectivity index (χ2v) is 11.2. The summed E-state index contributed by atoms with van der Waals surface area (Å²) in [4.78, 5) is 25.7. The summed E-state index contributed by atoms with van der Waals surface area (Å²) >= 11 is 6.74. The molecule has 0 saturated carbocycles. The van der Waals surface area contributed by atoms with Crippen molar-refractivity contribution >= 4 is 29.0 Å². The Morgan fingerprint density at radius 3 is 2.70 bits per heavy atom. The number of likely N-dealkylation sites (tertiary alicyclic amines) is 1. The van der Waals surface area contributed by atoms with Gasteiger partial charge in [0.05, 0.1) is 60.1 Å². The molecule has 1 atom stereocenters. The van der Waals surface area contributed by atoms with E-state index in [0.717, 1.165) is 12.1 Å². The highest BCUT2D eigenvalue weighted by Crippen LogP contribution is 2.43. The molecule has 1 unspecified atom stereocenters. The molecule has 11 nitrogen and oxygen atoms in total. The highest BCUT2D eigenvalue weighted by Gasteiger charge is 2.40. The molecule has 1 amide bonds. The lowest BCUT2D eigenvalue weighted by Crippen LogP contribution is -2.54. The molecule has 1 aromatic carbocycles. The van der Waals surface area contributed by atoms with Gasteiger partial charge in [0, 0.05) is 50.3 Å². The molecule has 2 aromatic heterocycles. The lowest BCUT2D eigenvalue weighted by Gasteiger charge is -2.38. The number of nitrogen functional groups attached to an aromatic ring is 1. The molecule has 3 aliphatic heterocycles. The van der Waals surface area contributed by atoms with E-state index in [1.807, 2.05) is 11.8 Å². The van der Waals surface area contributed by atoms with Crippen LogP contribution in [0.3, 0.4) is 0 Å². The van der Waals surface area contributed by atoms with Crippen molar-refractivity contribution in [2.45, 2.75) is 57.8 Å². The third-order valence-electron chi connectivity index (χ3n) is 8.05. The maximum atomic E-state index is 15.1. The lowest BCUT2D eigenvalue weighted by atomic mass is 9.94. The number of hydrogen-bond donors (Lipinski definition) is 1. The number of carbonyl (C=O) groups is 1. The van der Waals surface area contributed by atoms with Crippen molar-refractivity contribution in [1.29, 1.82) is 0 Å². The van der Waals surface area contributed by atoms with Crippen molar-refractivity contribution in [3.63, 3.8) is 0 Å². The van der Waals surface area contributed by atoms with E-state index in [1.54, 1.807) is 9.58 Å². The van der Waals surface area contributed by atoms with Gasteiger partial charge in [0.1, 0.15) is 5.82 Å². The number of aryl methyl sites for hydroxylation is 1. The summed E-state index contributed by atoms with van der Waals surface area (Å²) < 4.78 is 75.0. The molecule has 1 saturated heterocycles. The first-order valence-corrected chi connectivity index (χ1v) is 14.5. The summed E-state index contributed by atoms with van der Waals surface area (Å²) in [5.41, 5.74) is 5.07. The van der Waals surface area contributed by atoms with Gasteiger partial charge >= 0.3 is 12.2 Å². The first-order chi connectivity index (χ1) is 21.0. The molecular formula is C28H30ClF4N7O4. The van der Waals surface area contributed by atoms with E-state index in [4.69, 9.17) is 31.5 Å². The Morgan fingerprint density at radius 1 is 1.23 bits per heavy atom. The number of aromatic nitrogens is 4. The van der Waals surface area contributed by atoms with Gasteiger partial charge in [0.25, 0.3) is 5.91 Å². The van der Waals surface area contributed by atoms with Crippen LogP contribution in [0.5, 0.6) is 6.01 Å². The fraction of sp³-hybridized carbons (Fsp3) is 0.500. The third kappa shape index (κ3) is 5.41. The van der Waals surface area contributed by atoms with Crippen molar-refractivity contribution in [3.05, 3.63) is 56.7 Å². The monoisotopic (exact) mass is 639 g/mol. The van der Waals surface area contributed by atoms with E-state index < -0.39 is 34.9 Å². The average Bonchev–Trinajstić information content (AvgIpc) is 3.13. The molecule has 0 radical (unpaired) electrons. The second kappa shape index (κ2) is 11.7. The van der Waals surface area contributed by atoms with Crippen LogP contribution in [0.2, 0.25) is 5.02 Å². The van der Waals surface area contributed by atoms with E-state index in [2.05, 4.69) is 15.1 Å². The van der Waals surface area contributed by atoms with Crippen LogP contribution in [-0.2, 0) is 41.8 Å². The molecule has 16 heteroatoms. The van der Waals surface area contributed by atoms with Crippen molar-refractivity contribution in [2.24, 2.45) is 0 Å². The predicted molar refractivity (Wildman–Crippen MR) is 150 cm³/mol. The fourth-order valence-corrected chi connectivity index (χ4v) is 6.11. The molecule has 0 bridgehead atoms. The zero-order valence-corrected chi connectivity index (χ0v) is 24.7. The van der Waals surface area contributed by atoms with Gasteiger partial charge in [-0.3, -0.25) is 9.48 Å². The molecule has 0 aliphatic carbocycles. The van der Waals surface area contributed by atoms with E-state index in [9.17, 15) is 18.0 Å². The van der Waals surface area contributed by atoms with Crippen LogP contribution in [0, 0.1) is 5.82 Å². The average molecular weight is 640 g/mol. The Balaban J connectivity index is 1.30. The second-order valence-electron chi connectivity index (χ2n) is 10.8. The maximum Gasteiger partial charge on any atom is 0.416 e. The molecule has 6 rings (SSSR count). The molecule has 44 heavy (non-hydrogen) atoms. The number of methoxy groups -OCH3 is 1. The molecule has 2 N–H and O–H groups in total. The Labute approximate surface area is 254 Å². The van der Waals surface area contributed by atoms with Crippen molar-refractivity contribution in [2.75, 3.05) is 44.0 Å². The normalized spacial score (nSPS) is 18.8. The van der Waals surface area contributed by atoms with Crippen molar-refractivity contribution in [3.8, 4) is 6.01 Å². The Hall–Kier alpha value is -3.69. The number of fused-ring (bicyclic) bond motifs is 2. The molecule has 0 spiro atoms. The summed E-state index contributed by atoms with van der Waals surface area (Å²) in [6.07, 6.45) is -5.67. The molecule has 1 fully saturated rings. The number of ether oxygens (including phenoxy) is 3. The summed E-state index contributed by atoms with van der Waals surface area (Å²) in [5, 5.41) is 4.77. The van der Waals surface area contributed by atoms with Gasteiger partial charge in [-0.15, -0.1) is 0 Å². The zero-order chi connectivity index (χ0) is 31.3. The fourth-order valence-electron chi connectivity index (χ4n) is 5.83. The minimum Gasteiger partial charge on any atom is -0.467 e. The van der Waals surface area contributed by atoms with Crippen LogP contribution in [0.4, 0.5) is 29.1 Å². The van der Waals surface area contributed by atoms with E-state index >= 15 is 4.39 Å². The van der Waals surface area contributed by atoms with Gasteiger partial charge in [0.15, 0.2) is 11.5 Å². The summed E-state index contributed by atoms with van der Waals surface area (Å²) in [7, 11) is 1.37. The summed E-state index contributed by atoms with van der Waals surface area (Å²) in [6.45, 7) is 4.47. The number of halogens is 5. The lowest BCUT2D eigenvalue weighted by molar-refractivity contribution is -0.140. The standard InChI is InChI=1S/C28H30ClF4N7O4/c1-3-43-14-10-39(11-14)26(41)24-22(29)19-12-38(7-4-8-40(19)37-24)25-15-13-44-20(9-18(15)35-27(36-25)42-2)21-16(28(31,32)33)5-6-17(34)23(21)30/h5-6,14,20H,3-4,7-13,34H2,1-2H3. The number of amides is 1. The van der Waals surface area contributed by atoms with Crippen LogP contribution < -0.4 is 15.4 Å². The van der Waals surface area contributed by atoms with Gasteiger partial charge in [-0.1, -0.05) is 11.6 Å². The van der Waals surface area contributed by atoms with Gasteiger partial charge in [-0.25, -0.2) is 4.39 Å². The molecule has 3 aliphatic rings. The van der Waals surface area contributed by atoms with Crippen LogP contribution in [0.15, 0.2) is 12.1 Å². The summed E-state index contributed by atoms with van der Waals surface area (Å²) in [5.74, 6) is -1.01. The number of anilines is 2. The number of nitrogens with zero attached hydrogens (tertiary/aromatic N) is 6. The third-order valence-corrected chi connectivity index (χ3v) is 8.45. The van der Waals surface area contributed by atoms with Gasteiger partial charge < -0.3 is 29.7 Å². The SMILES string of the molecule is CCOC1CN(C(=O)c2nn3c(c2Cl)CN(c2nc(OC)nc4c2COC(c2c(C(F)(F)F)ccc(N)c2F)C4)CCC3)C1. The molecule has 5 heterocycles. The quantitative estimate of drug-likeness (QED) is 0.313. The smallest absolute Gasteiger partial charge is 0.416 e. The Morgan fingerprint density at radius 2 is 2.00 bits per heavy atom. The van der Waals surface area contributed by atoms with E-state index in [-0.39, 0.29) is 48.3 Å². The van der Waals surface area contributed by atoms with Crippen molar-refractivity contribution < 1.29 is 36.6 Å². The van der Waals surface area contributed by atoms with Crippen LogP contribution in [-0.4, -0.2) is 70.0 Å². The molecule has 3 aromatic rings. The number of benzene rings is 1. The van der Waals surface area contributed by atoms with Crippen LogP contribution in [0.1, 0.15) is 58.0 Å². The predicted octanol–water partition coefficient (Wildman–Crippen LogP) is 4.16. The maximum absolute atomic E-state index is 15.1. The highest BCUT2D eigenvalue weighted by atomic mass is 35.5. The van der Waals surface area contributed by atoms with Crippen molar-refractivity contribution in [1.82, 2.24) is 24.6 Å². The Bertz CT molecular complexity index is 1600. The minimum atomic E-state index is -4.82. The van der Waals surface area contributed by atoms with Crippen LogP contribution >= 0.6 is 11.6 Å². The van der Waals surface area contributed by atoms with Crippen LogP contribution in [0.25, 0.3) is 0 Å². The minimum absolute atomic E-state index is 0.00446. The number of alkyl halides is 3. The number of nitrogens with two attached hydrogens (primary N) is 1. The van der Waals surface area contributed by atoms with E-state index in [0.29, 0.717) is 62.0 Å². The Kier molecular flexibility index (Phi) is 8.05. The van der Waals surface area contributed by atoms with Gasteiger partial charge in [0.2, 0.25) is 0 Å². The first-order valence-electron chi connectivity index (χ1n) is 14.1. The number of rotatable bonds is 6. The molecular weight excluding hydrogens is 610 g/mol. The topological polar surface area (TPSA) is 121 Å². The number of carbonyl (C=O) groups excluding carboxylic acids is 1. The zero-order valence-electron chi connectivity index (χ0n) is 24.0.